The number of nitrogens with zero attached hydrogens (tertiary/aromatic N) is 1. The van der Waals surface area contributed by atoms with E-state index in [-0.39, 0.29) is 18.4 Å². The Morgan fingerprint density at radius 3 is 2.68 bits per heavy atom. The first-order chi connectivity index (χ1) is 12.0. The number of nitrogens with one attached hydrogen (secondary N) is 1. The topological polar surface area (TPSA) is 58.6 Å². The van der Waals surface area contributed by atoms with Gasteiger partial charge in [-0.05, 0) is 49.7 Å². The minimum atomic E-state index is -0.216. The van der Waals surface area contributed by atoms with E-state index in [2.05, 4.69) is 5.32 Å². The van der Waals surface area contributed by atoms with Crippen molar-refractivity contribution < 1.29 is 14.3 Å². The van der Waals surface area contributed by atoms with E-state index in [4.69, 9.17) is 16.3 Å². The van der Waals surface area contributed by atoms with Crippen molar-refractivity contribution in [2.45, 2.75) is 13.3 Å². The second-order valence-electron chi connectivity index (χ2n) is 5.90. The number of amides is 2. The fraction of sp³-hybridized carbons (Fsp3) is 0.263. The maximum Gasteiger partial charge on any atom is 0.253 e. The number of benzene rings is 2. The second kappa shape index (κ2) is 7.57. The molecule has 0 spiro atoms. The van der Waals surface area contributed by atoms with Crippen molar-refractivity contribution in [3.05, 3.63) is 58.6 Å². The van der Waals surface area contributed by atoms with Crippen molar-refractivity contribution >= 4 is 29.1 Å². The van der Waals surface area contributed by atoms with E-state index in [0.29, 0.717) is 35.8 Å². The Labute approximate surface area is 151 Å². The van der Waals surface area contributed by atoms with Crippen LogP contribution in [0.2, 0.25) is 5.02 Å². The highest BCUT2D eigenvalue weighted by Gasteiger charge is 2.25. The smallest absolute Gasteiger partial charge is 0.253 e. The third-order valence-electron chi connectivity index (χ3n) is 4.00. The van der Waals surface area contributed by atoms with Crippen LogP contribution in [-0.2, 0) is 4.79 Å². The molecule has 1 N–H and O–H groups in total. The molecule has 5 nitrogen and oxygen atoms in total. The molecule has 130 valence electrons. The fourth-order valence-corrected chi connectivity index (χ4v) is 2.86. The van der Waals surface area contributed by atoms with Gasteiger partial charge in [0.2, 0.25) is 5.91 Å². The second-order valence-corrected chi connectivity index (χ2v) is 6.34. The lowest BCUT2D eigenvalue weighted by Crippen LogP contribution is -2.37. The number of ether oxygens (including phenoxy) is 1. The lowest BCUT2D eigenvalue weighted by Gasteiger charge is -2.22. The van der Waals surface area contributed by atoms with Gasteiger partial charge in [-0.3, -0.25) is 9.59 Å². The van der Waals surface area contributed by atoms with Crippen LogP contribution >= 0.6 is 11.6 Å². The van der Waals surface area contributed by atoms with Crippen molar-refractivity contribution in [3.8, 4) is 5.75 Å². The average Bonchev–Trinajstić information content (AvgIpc) is 2.71. The first kappa shape index (κ1) is 17.3. The van der Waals surface area contributed by atoms with Crippen LogP contribution in [0, 0.1) is 6.92 Å². The molecule has 0 unspecified atom stereocenters. The Kier molecular flexibility index (Phi) is 5.24. The van der Waals surface area contributed by atoms with Gasteiger partial charge in [0.25, 0.3) is 5.91 Å². The minimum Gasteiger partial charge on any atom is -0.494 e. The predicted molar refractivity (Wildman–Crippen MR) is 97.4 cm³/mol. The number of hydrogen-bond donors (Lipinski definition) is 1. The highest BCUT2D eigenvalue weighted by Crippen LogP contribution is 2.24. The van der Waals surface area contributed by atoms with Crippen LogP contribution in [-0.4, -0.2) is 31.5 Å². The van der Waals surface area contributed by atoms with Gasteiger partial charge in [0.05, 0.1) is 24.4 Å². The summed E-state index contributed by atoms with van der Waals surface area (Å²) in [6.45, 7) is 2.88. The molecule has 0 aliphatic carbocycles. The van der Waals surface area contributed by atoms with Crippen LogP contribution in [0.5, 0.6) is 5.75 Å². The van der Waals surface area contributed by atoms with Crippen molar-refractivity contribution in [2.75, 3.05) is 24.6 Å². The zero-order valence-electron chi connectivity index (χ0n) is 13.9. The molecule has 0 aromatic heterocycles. The Morgan fingerprint density at radius 2 is 1.92 bits per heavy atom. The predicted octanol–water partition coefficient (Wildman–Crippen LogP) is 3.19. The number of halogens is 1. The molecule has 0 bridgehead atoms. The Morgan fingerprint density at radius 1 is 1.16 bits per heavy atom. The fourth-order valence-electron chi connectivity index (χ4n) is 2.74. The molecular weight excluding hydrogens is 340 g/mol. The molecule has 2 amide bonds. The third-order valence-corrected chi connectivity index (χ3v) is 4.25. The number of aryl methyl sites for hydroxylation is 1. The summed E-state index contributed by atoms with van der Waals surface area (Å²) in [7, 11) is 0. The molecule has 0 atom stereocenters. The molecule has 2 aromatic rings. The zero-order chi connectivity index (χ0) is 17.8. The number of carbonyl (C=O) groups is 2. The SMILES string of the molecule is Cc1ccc2c(c1)C(=O)NCC(=O)N2CCCOc1ccc(Cl)cc1. The summed E-state index contributed by atoms with van der Waals surface area (Å²) >= 11 is 5.84. The van der Waals surface area contributed by atoms with Gasteiger partial charge < -0.3 is 15.0 Å². The molecule has 0 saturated carbocycles. The Balaban J connectivity index is 1.66. The summed E-state index contributed by atoms with van der Waals surface area (Å²) in [5.74, 6) is 0.397. The summed E-state index contributed by atoms with van der Waals surface area (Å²) in [6, 6.07) is 12.7. The summed E-state index contributed by atoms with van der Waals surface area (Å²) < 4.78 is 5.67. The molecule has 0 fully saturated rings. The van der Waals surface area contributed by atoms with Crippen LogP contribution in [0.25, 0.3) is 0 Å². The molecular formula is C19H19ClN2O3. The lowest BCUT2D eigenvalue weighted by molar-refractivity contribution is -0.117. The van der Waals surface area contributed by atoms with Gasteiger partial charge in [-0.25, -0.2) is 0 Å². The molecule has 1 aliphatic rings. The van der Waals surface area contributed by atoms with E-state index in [1.165, 1.54) is 0 Å². The van der Waals surface area contributed by atoms with Crippen molar-refractivity contribution in [2.24, 2.45) is 0 Å². The average molecular weight is 359 g/mol. The van der Waals surface area contributed by atoms with Gasteiger partial charge in [-0.2, -0.15) is 0 Å². The standard InChI is InChI=1S/C19H19ClN2O3/c1-13-3-8-17-16(11-13)19(24)21-12-18(23)22(17)9-2-10-25-15-6-4-14(20)5-7-15/h3-8,11H,2,9-10,12H2,1H3,(H,21,24). The molecule has 1 heterocycles. The van der Waals surface area contributed by atoms with Crippen molar-refractivity contribution in [3.63, 3.8) is 0 Å². The highest BCUT2D eigenvalue weighted by atomic mass is 35.5. The number of carbonyl (C=O) groups excluding carboxylic acids is 2. The Hall–Kier alpha value is -2.53. The van der Waals surface area contributed by atoms with E-state index in [9.17, 15) is 9.59 Å². The molecule has 25 heavy (non-hydrogen) atoms. The van der Waals surface area contributed by atoms with Crippen LogP contribution < -0.4 is 15.0 Å². The number of hydrogen-bond acceptors (Lipinski definition) is 3. The van der Waals surface area contributed by atoms with Gasteiger partial charge in [0.1, 0.15) is 5.75 Å². The highest BCUT2D eigenvalue weighted by molar-refractivity contribution is 6.30. The monoisotopic (exact) mass is 358 g/mol. The third kappa shape index (κ3) is 4.12. The van der Waals surface area contributed by atoms with Crippen molar-refractivity contribution in [1.82, 2.24) is 5.32 Å². The van der Waals surface area contributed by atoms with Gasteiger partial charge in [0.15, 0.2) is 0 Å². The summed E-state index contributed by atoms with van der Waals surface area (Å²) in [5.41, 5.74) is 2.16. The summed E-state index contributed by atoms with van der Waals surface area (Å²) in [5, 5.41) is 3.31. The maximum absolute atomic E-state index is 12.4. The Bertz CT molecular complexity index is 790. The molecule has 2 aromatic carbocycles. The molecule has 0 saturated heterocycles. The summed E-state index contributed by atoms with van der Waals surface area (Å²) in [6.07, 6.45) is 0.649. The largest absolute Gasteiger partial charge is 0.494 e. The van der Waals surface area contributed by atoms with Crippen molar-refractivity contribution in [1.29, 1.82) is 0 Å². The summed E-state index contributed by atoms with van der Waals surface area (Å²) in [4.78, 5) is 26.2. The molecule has 6 heteroatoms. The first-order valence-corrected chi connectivity index (χ1v) is 8.50. The lowest BCUT2D eigenvalue weighted by atomic mass is 10.1. The zero-order valence-corrected chi connectivity index (χ0v) is 14.7. The van der Waals surface area contributed by atoms with E-state index < -0.39 is 0 Å². The first-order valence-electron chi connectivity index (χ1n) is 8.12. The number of anilines is 1. The van der Waals surface area contributed by atoms with Gasteiger partial charge in [0, 0.05) is 11.6 Å². The van der Waals surface area contributed by atoms with Crippen LogP contribution in [0.3, 0.4) is 0 Å². The van der Waals surface area contributed by atoms with E-state index in [1.807, 2.05) is 19.1 Å². The van der Waals surface area contributed by atoms with Crippen LogP contribution in [0.4, 0.5) is 5.69 Å². The van der Waals surface area contributed by atoms with Gasteiger partial charge in [-0.1, -0.05) is 23.2 Å². The van der Waals surface area contributed by atoms with E-state index in [0.717, 1.165) is 11.3 Å². The molecule has 0 radical (unpaired) electrons. The number of rotatable bonds is 5. The molecule has 3 rings (SSSR count). The normalized spacial score (nSPS) is 13.9. The maximum atomic E-state index is 12.4. The van der Waals surface area contributed by atoms with E-state index in [1.54, 1.807) is 35.2 Å². The molecule has 1 aliphatic heterocycles. The minimum absolute atomic E-state index is 0.00457. The van der Waals surface area contributed by atoms with Gasteiger partial charge >= 0.3 is 0 Å². The quantitative estimate of drug-likeness (QED) is 0.835. The van der Waals surface area contributed by atoms with Crippen LogP contribution in [0.1, 0.15) is 22.3 Å². The van der Waals surface area contributed by atoms with Crippen LogP contribution in [0.15, 0.2) is 42.5 Å². The number of fused-ring (bicyclic) bond motifs is 1. The van der Waals surface area contributed by atoms with E-state index >= 15 is 0 Å². The van der Waals surface area contributed by atoms with Gasteiger partial charge in [-0.15, -0.1) is 0 Å².